The molecule has 2 rings (SSSR count). The molecule has 0 aromatic carbocycles. The normalized spacial score (nSPS) is 35.7. The van der Waals surface area contributed by atoms with Crippen LogP contribution in [0.1, 0.15) is 32.6 Å². The lowest BCUT2D eigenvalue weighted by Gasteiger charge is -2.26. The number of carboxylic acids is 1. The molecule has 2 aliphatic rings. The molecule has 2 aliphatic heterocycles. The number of nitrogens with zero attached hydrogens (tertiary/aromatic N) is 1. The zero-order valence-corrected chi connectivity index (χ0v) is 9.95. The summed E-state index contributed by atoms with van der Waals surface area (Å²) >= 11 is 0. The lowest BCUT2D eigenvalue weighted by atomic mass is 9.83. The molecule has 0 amide bonds. The molecule has 1 N–H and O–H groups in total. The van der Waals surface area contributed by atoms with E-state index in [2.05, 4.69) is 11.8 Å². The minimum atomic E-state index is -0.615. The smallest absolute Gasteiger partial charge is 0.310 e. The van der Waals surface area contributed by atoms with Gasteiger partial charge >= 0.3 is 5.97 Å². The van der Waals surface area contributed by atoms with Gasteiger partial charge in [0.25, 0.3) is 0 Å². The molecule has 2 heterocycles. The second-order valence-electron chi connectivity index (χ2n) is 5.07. The zero-order chi connectivity index (χ0) is 11.6. The Kier molecular flexibility index (Phi) is 3.50. The van der Waals surface area contributed by atoms with Crippen LogP contribution in [0.4, 0.5) is 0 Å². The molecule has 0 saturated carbocycles. The van der Waals surface area contributed by atoms with E-state index in [1.54, 1.807) is 0 Å². The Morgan fingerprint density at radius 3 is 3.00 bits per heavy atom. The maximum absolute atomic E-state index is 11.4. The van der Waals surface area contributed by atoms with Gasteiger partial charge in [-0.15, -0.1) is 0 Å². The fraction of sp³-hybridized carbons (Fsp3) is 0.917. The Balaban J connectivity index is 2.00. The van der Waals surface area contributed by atoms with Gasteiger partial charge in [-0.25, -0.2) is 0 Å². The Morgan fingerprint density at radius 2 is 2.44 bits per heavy atom. The first-order valence-electron chi connectivity index (χ1n) is 6.23. The Hall–Kier alpha value is -0.610. The van der Waals surface area contributed by atoms with Crippen LogP contribution in [0.25, 0.3) is 0 Å². The van der Waals surface area contributed by atoms with E-state index in [4.69, 9.17) is 4.74 Å². The summed E-state index contributed by atoms with van der Waals surface area (Å²) in [6.45, 7) is 5.30. The first-order valence-corrected chi connectivity index (χ1v) is 6.23. The van der Waals surface area contributed by atoms with E-state index in [0.717, 1.165) is 45.4 Å². The zero-order valence-electron chi connectivity index (χ0n) is 9.95. The van der Waals surface area contributed by atoms with E-state index >= 15 is 0 Å². The monoisotopic (exact) mass is 227 g/mol. The van der Waals surface area contributed by atoms with Crippen LogP contribution in [0.15, 0.2) is 0 Å². The van der Waals surface area contributed by atoms with Crippen LogP contribution in [0, 0.1) is 5.41 Å². The third-order valence-electron chi connectivity index (χ3n) is 3.99. The molecule has 2 fully saturated rings. The molecule has 16 heavy (non-hydrogen) atoms. The lowest BCUT2D eigenvalue weighted by molar-refractivity contribution is -0.148. The molecule has 0 spiro atoms. The minimum absolute atomic E-state index is 0.457. The Morgan fingerprint density at radius 1 is 1.62 bits per heavy atom. The number of hydrogen-bond acceptors (Lipinski definition) is 3. The number of carboxylic acid groups (broad SMARTS) is 1. The molecule has 92 valence electrons. The third kappa shape index (κ3) is 2.09. The van der Waals surface area contributed by atoms with Crippen molar-refractivity contribution in [3.05, 3.63) is 0 Å². The molecule has 0 aliphatic carbocycles. The van der Waals surface area contributed by atoms with E-state index in [9.17, 15) is 9.90 Å². The van der Waals surface area contributed by atoms with Gasteiger partial charge in [0.2, 0.25) is 0 Å². The van der Waals surface area contributed by atoms with Crippen molar-refractivity contribution >= 4 is 5.97 Å². The van der Waals surface area contributed by atoms with E-state index in [1.165, 1.54) is 0 Å². The minimum Gasteiger partial charge on any atom is -0.481 e. The number of rotatable bonds is 4. The molecule has 2 unspecified atom stereocenters. The molecule has 0 radical (unpaired) electrons. The number of hydrogen-bond donors (Lipinski definition) is 1. The van der Waals surface area contributed by atoms with Gasteiger partial charge in [-0.2, -0.15) is 0 Å². The summed E-state index contributed by atoms with van der Waals surface area (Å²) < 4.78 is 5.37. The quantitative estimate of drug-likeness (QED) is 0.787. The van der Waals surface area contributed by atoms with Crippen molar-refractivity contribution in [2.75, 3.05) is 26.3 Å². The lowest BCUT2D eigenvalue weighted by Crippen LogP contribution is -2.39. The fourth-order valence-corrected chi connectivity index (χ4v) is 2.99. The predicted octanol–water partition coefficient (Wildman–Crippen LogP) is 1.35. The molecule has 2 saturated heterocycles. The van der Waals surface area contributed by atoms with Gasteiger partial charge in [0.15, 0.2) is 0 Å². The van der Waals surface area contributed by atoms with Crippen molar-refractivity contribution in [1.82, 2.24) is 4.90 Å². The average Bonchev–Trinajstić information content (AvgIpc) is 2.84. The highest BCUT2D eigenvalue weighted by molar-refractivity contribution is 5.75. The first-order chi connectivity index (χ1) is 7.68. The Bertz CT molecular complexity index is 263. The van der Waals surface area contributed by atoms with Crippen LogP contribution in [0.5, 0.6) is 0 Å². The van der Waals surface area contributed by atoms with Crippen LogP contribution >= 0.6 is 0 Å². The van der Waals surface area contributed by atoms with Crippen LogP contribution < -0.4 is 0 Å². The summed E-state index contributed by atoms with van der Waals surface area (Å²) in [5.41, 5.74) is -0.489. The summed E-state index contributed by atoms with van der Waals surface area (Å²) in [6, 6.07) is 0.457. The fourth-order valence-electron chi connectivity index (χ4n) is 2.99. The van der Waals surface area contributed by atoms with Gasteiger partial charge in [-0.1, -0.05) is 13.3 Å². The molecule has 2 atom stereocenters. The van der Waals surface area contributed by atoms with Gasteiger partial charge < -0.3 is 9.84 Å². The van der Waals surface area contributed by atoms with Crippen molar-refractivity contribution in [1.29, 1.82) is 0 Å². The number of carbonyl (C=O) groups is 1. The topological polar surface area (TPSA) is 49.8 Å². The highest BCUT2D eigenvalue weighted by Crippen LogP contribution is 2.37. The van der Waals surface area contributed by atoms with Crippen LogP contribution in [0.3, 0.4) is 0 Å². The highest BCUT2D eigenvalue weighted by Gasteiger charge is 2.45. The summed E-state index contributed by atoms with van der Waals surface area (Å²) in [4.78, 5) is 13.7. The summed E-state index contributed by atoms with van der Waals surface area (Å²) in [5, 5.41) is 9.40. The summed E-state index contributed by atoms with van der Waals surface area (Å²) in [5.74, 6) is -0.615. The second kappa shape index (κ2) is 4.72. The van der Waals surface area contributed by atoms with E-state index < -0.39 is 11.4 Å². The van der Waals surface area contributed by atoms with Crippen molar-refractivity contribution in [3.8, 4) is 0 Å². The molecule has 0 aromatic heterocycles. The Labute approximate surface area is 96.6 Å². The molecule has 4 nitrogen and oxygen atoms in total. The predicted molar refractivity (Wildman–Crippen MR) is 60.4 cm³/mol. The van der Waals surface area contributed by atoms with E-state index in [-0.39, 0.29) is 0 Å². The molecule has 0 bridgehead atoms. The maximum atomic E-state index is 11.4. The van der Waals surface area contributed by atoms with Gasteiger partial charge in [-0.05, 0) is 25.8 Å². The van der Waals surface area contributed by atoms with Gasteiger partial charge in [-0.3, -0.25) is 9.69 Å². The third-order valence-corrected chi connectivity index (χ3v) is 3.99. The SMILES string of the molecule is CCCC1(C(=O)O)CCN(C2CCOC2)C1. The van der Waals surface area contributed by atoms with E-state index in [0.29, 0.717) is 12.6 Å². The molecular weight excluding hydrogens is 206 g/mol. The van der Waals surface area contributed by atoms with Gasteiger partial charge in [0.1, 0.15) is 0 Å². The number of likely N-dealkylation sites (tertiary alicyclic amines) is 1. The summed E-state index contributed by atoms with van der Waals surface area (Å²) in [6.07, 6.45) is 3.60. The van der Waals surface area contributed by atoms with Crippen LogP contribution in [0.2, 0.25) is 0 Å². The first kappa shape index (κ1) is 11.9. The van der Waals surface area contributed by atoms with Crippen molar-refractivity contribution in [3.63, 3.8) is 0 Å². The standard InChI is InChI=1S/C12H21NO3/c1-2-4-12(11(14)15)5-6-13(9-12)10-3-7-16-8-10/h10H,2-9H2,1H3,(H,14,15). The van der Waals surface area contributed by atoms with Gasteiger partial charge in [0, 0.05) is 19.2 Å². The average molecular weight is 227 g/mol. The van der Waals surface area contributed by atoms with Gasteiger partial charge in [0.05, 0.1) is 12.0 Å². The van der Waals surface area contributed by atoms with Crippen molar-refractivity contribution in [2.24, 2.45) is 5.41 Å². The second-order valence-corrected chi connectivity index (χ2v) is 5.07. The summed E-state index contributed by atoms with van der Waals surface area (Å²) in [7, 11) is 0. The maximum Gasteiger partial charge on any atom is 0.310 e. The number of aliphatic carboxylic acids is 1. The van der Waals surface area contributed by atoms with Crippen molar-refractivity contribution in [2.45, 2.75) is 38.6 Å². The van der Waals surface area contributed by atoms with Crippen molar-refractivity contribution < 1.29 is 14.6 Å². The van der Waals surface area contributed by atoms with E-state index in [1.807, 2.05) is 0 Å². The van der Waals surface area contributed by atoms with Crippen LogP contribution in [-0.4, -0.2) is 48.3 Å². The molecule has 0 aromatic rings. The van der Waals surface area contributed by atoms with Crippen LogP contribution in [-0.2, 0) is 9.53 Å². The number of ether oxygens (including phenoxy) is 1. The molecular formula is C12H21NO3. The molecule has 4 heteroatoms. The largest absolute Gasteiger partial charge is 0.481 e. The highest BCUT2D eigenvalue weighted by atomic mass is 16.5.